The Morgan fingerprint density at radius 2 is 2.27 bits per heavy atom. The minimum absolute atomic E-state index is 0.0532. The molecule has 4 heteroatoms. The first-order chi connectivity index (χ1) is 6.96. The van der Waals surface area contributed by atoms with Crippen LogP contribution in [0.4, 0.5) is 0 Å². The zero-order valence-corrected chi connectivity index (χ0v) is 11.2. The minimum atomic E-state index is 0.0532. The normalized spacial score (nSPS) is 19.7. The standard InChI is InChI=1S/C11H14BrNOS/c1-11(2)4-8(5-11)13-10(14)7-3-9(12)15-6-7/h3,6,8H,4-5H2,1-2H3,(H,13,14). The van der Waals surface area contributed by atoms with Crippen molar-refractivity contribution in [3.63, 3.8) is 0 Å². The lowest BCUT2D eigenvalue weighted by Gasteiger charge is -2.42. The molecule has 0 atom stereocenters. The SMILES string of the molecule is CC1(C)CC(NC(=O)c2csc(Br)c2)C1. The van der Waals surface area contributed by atoms with E-state index in [0.29, 0.717) is 11.5 Å². The number of carbonyl (C=O) groups is 1. The summed E-state index contributed by atoms with van der Waals surface area (Å²) in [6.07, 6.45) is 2.17. The molecule has 1 aliphatic carbocycles. The summed E-state index contributed by atoms with van der Waals surface area (Å²) in [6.45, 7) is 4.47. The Balaban J connectivity index is 1.89. The average molecular weight is 288 g/mol. The van der Waals surface area contributed by atoms with Crippen molar-refractivity contribution in [1.82, 2.24) is 5.32 Å². The molecule has 0 aliphatic heterocycles. The summed E-state index contributed by atoms with van der Waals surface area (Å²) < 4.78 is 1.00. The molecule has 1 aliphatic rings. The predicted molar refractivity (Wildman–Crippen MR) is 66.3 cm³/mol. The number of amides is 1. The molecule has 1 amide bonds. The average Bonchev–Trinajstić information content (AvgIpc) is 2.48. The number of halogens is 1. The molecule has 82 valence electrons. The van der Waals surface area contributed by atoms with Gasteiger partial charge in [0.15, 0.2) is 0 Å². The first-order valence-corrected chi connectivity index (χ1v) is 6.68. The van der Waals surface area contributed by atoms with Crippen LogP contribution in [0, 0.1) is 5.41 Å². The van der Waals surface area contributed by atoms with E-state index in [9.17, 15) is 4.79 Å². The maximum atomic E-state index is 11.7. The van der Waals surface area contributed by atoms with E-state index < -0.39 is 0 Å². The molecule has 1 heterocycles. The van der Waals surface area contributed by atoms with Crippen LogP contribution in [0.25, 0.3) is 0 Å². The van der Waals surface area contributed by atoms with Gasteiger partial charge in [-0.3, -0.25) is 4.79 Å². The highest BCUT2D eigenvalue weighted by molar-refractivity contribution is 9.11. The number of nitrogens with one attached hydrogen (secondary N) is 1. The fourth-order valence-corrected chi connectivity index (χ4v) is 3.21. The van der Waals surface area contributed by atoms with Crippen molar-refractivity contribution in [3.05, 3.63) is 20.8 Å². The van der Waals surface area contributed by atoms with Crippen molar-refractivity contribution >= 4 is 33.2 Å². The second-order valence-electron chi connectivity index (χ2n) is 4.88. The summed E-state index contributed by atoms with van der Waals surface area (Å²) in [6, 6.07) is 2.23. The van der Waals surface area contributed by atoms with Crippen LogP contribution in [0.5, 0.6) is 0 Å². The lowest BCUT2D eigenvalue weighted by atomic mass is 9.68. The molecule has 0 spiro atoms. The molecule has 1 saturated carbocycles. The molecule has 1 aromatic heterocycles. The van der Waals surface area contributed by atoms with Gasteiger partial charge in [-0.25, -0.2) is 0 Å². The number of rotatable bonds is 2. The first kappa shape index (κ1) is 11.1. The smallest absolute Gasteiger partial charge is 0.252 e. The van der Waals surface area contributed by atoms with Gasteiger partial charge in [0.1, 0.15) is 0 Å². The molecule has 1 fully saturated rings. The van der Waals surface area contributed by atoms with Crippen molar-refractivity contribution in [2.75, 3.05) is 0 Å². The fourth-order valence-electron chi connectivity index (χ4n) is 2.07. The highest BCUT2D eigenvalue weighted by Crippen LogP contribution is 2.39. The molecule has 0 aromatic carbocycles. The van der Waals surface area contributed by atoms with E-state index in [2.05, 4.69) is 35.1 Å². The molecule has 2 rings (SSSR count). The quantitative estimate of drug-likeness (QED) is 0.887. The van der Waals surface area contributed by atoms with Crippen molar-refractivity contribution in [1.29, 1.82) is 0 Å². The number of thiophene rings is 1. The van der Waals surface area contributed by atoms with Gasteiger partial charge >= 0.3 is 0 Å². The molecule has 0 bridgehead atoms. The summed E-state index contributed by atoms with van der Waals surface area (Å²) in [5.41, 5.74) is 1.17. The van der Waals surface area contributed by atoms with E-state index in [1.165, 1.54) is 0 Å². The van der Waals surface area contributed by atoms with Gasteiger partial charge in [-0.05, 0) is 40.3 Å². The highest BCUT2D eigenvalue weighted by Gasteiger charge is 2.36. The van der Waals surface area contributed by atoms with Crippen LogP contribution in [-0.4, -0.2) is 11.9 Å². The summed E-state index contributed by atoms with van der Waals surface area (Å²) in [5, 5.41) is 4.93. The van der Waals surface area contributed by atoms with E-state index in [4.69, 9.17) is 0 Å². The Hall–Kier alpha value is -0.350. The first-order valence-electron chi connectivity index (χ1n) is 5.01. The third kappa shape index (κ3) is 2.61. The third-order valence-electron chi connectivity index (χ3n) is 2.76. The van der Waals surface area contributed by atoms with Gasteiger partial charge in [-0.2, -0.15) is 0 Å². The lowest BCUT2D eigenvalue weighted by Crippen LogP contribution is -2.48. The van der Waals surface area contributed by atoms with Crippen molar-refractivity contribution in [2.24, 2.45) is 5.41 Å². The van der Waals surface area contributed by atoms with Crippen LogP contribution in [-0.2, 0) is 0 Å². The molecular formula is C11H14BrNOS. The van der Waals surface area contributed by atoms with E-state index in [0.717, 1.165) is 22.2 Å². The van der Waals surface area contributed by atoms with Crippen LogP contribution < -0.4 is 5.32 Å². The van der Waals surface area contributed by atoms with Crippen LogP contribution in [0.2, 0.25) is 0 Å². The van der Waals surface area contributed by atoms with Crippen LogP contribution >= 0.6 is 27.3 Å². The van der Waals surface area contributed by atoms with E-state index >= 15 is 0 Å². The van der Waals surface area contributed by atoms with E-state index in [1.54, 1.807) is 11.3 Å². The Labute approximate surface area is 102 Å². The van der Waals surface area contributed by atoms with Gasteiger partial charge in [0.05, 0.1) is 9.35 Å². The zero-order valence-electron chi connectivity index (χ0n) is 8.84. The lowest BCUT2D eigenvalue weighted by molar-refractivity contribution is 0.0803. The Bertz CT molecular complexity index is 378. The summed E-state index contributed by atoms with van der Waals surface area (Å²) >= 11 is 4.90. The molecule has 2 nitrogen and oxygen atoms in total. The molecular weight excluding hydrogens is 274 g/mol. The Morgan fingerprint density at radius 3 is 2.73 bits per heavy atom. The monoisotopic (exact) mass is 287 g/mol. The van der Waals surface area contributed by atoms with Crippen LogP contribution in [0.3, 0.4) is 0 Å². The Kier molecular flexibility index (Phi) is 2.90. The van der Waals surface area contributed by atoms with Gasteiger partial charge < -0.3 is 5.32 Å². The molecule has 0 unspecified atom stereocenters. The van der Waals surface area contributed by atoms with Crippen molar-refractivity contribution < 1.29 is 4.79 Å². The molecule has 0 saturated heterocycles. The van der Waals surface area contributed by atoms with Gasteiger partial charge in [0.2, 0.25) is 0 Å². The summed E-state index contributed by atoms with van der Waals surface area (Å²) in [4.78, 5) is 11.7. The van der Waals surface area contributed by atoms with Gasteiger partial charge in [0.25, 0.3) is 5.91 Å². The maximum absolute atomic E-state index is 11.7. The number of carbonyl (C=O) groups excluding carboxylic acids is 1. The van der Waals surface area contributed by atoms with Crippen LogP contribution in [0.15, 0.2) is 15.2 Å². The zero-order chi connectivity index (χ0) is 11.1. The van der Waals surface area contributed by atoms with Gasteiger partial charge in [0, 0.05) is 11.4 Å². The molecule has 1 aromatic rings. The second-order valence-corrected chi connectivity index (χ2v) is 7.17. The fraction of sp³-hybridized carbons (Fsp3) is 0.545. The van der Waals surface area contributed by atoms with Crippen molar-refractivity contribution in [3.8, 4) is 0 Å². The highest BCUT2D eigenvalue weighted by atomic mass is 79.9. The number of hydrogen-bond acceptors (Lipinski definition) is 2. The maximum Gasteiger partial charge on any atom is 0.252 e. The predicted octanol–water partition coefficient (Wildman–Crippen LogP) is 3.43. The third-order valence-corrected chi connectivity index (χ3v) is 4.27. The molecule has 0 radical (unpaired) electrons. The Morgan fingerprint density at radius 1 is 1.60 bits per heavy atom. The molecule has 1 N–H and O–H groups in total. The van der Waals surface area contributed by atoms with Gasteiger partial charge in [-0.1, -0.05) is 13.8 Å². The van der Waals surface area contributed by atoms with Crippen molar-refractivity contribution in [2.45, 2.75) is 32.7 Å². The van der Waals surface area contributed by atoms with Crippen LogP contribution in [0.1, 0.15) is 37.0 Å². The minimum Gasteiger partial charge on any atom is -0.349 e. The summed E-state index contributed by atoms with van der Waals surface area (Å²) in [7, 11) is 0. The largest absolute Gasteiger partial charge is 0.349 e. The van der Waals surface area contributed by atoms with Gasteiger partial charge in [-0.15, -0.1) is 11.3 Å². The molecule has 15 heavy (non-hydrogen) atoms. The number of hydrogen-bond donors (Lipinski definition) is 1. The topological polar surface area (TPSA) is 29.1 Å². The van der Waals surface area contributed by atoms with E-state index in [1.807, 2.05) is 11.4 Å². The van der Waals surface area contributed by atoms with E-state index in [-0.39, 0.29) is 5.91 Å². The second kappa shape index (κ2) is 3.91. The summed E-state index contributed by atoms with van der Waals surface area (Å²) in [5.74, 6) is 0.0532.